The average Bonchev–Trinajstić information content (AvgIpc) is 3.27. The zero-order chi connectivity index (χ0) is 25.1. The van der Waals surface area contributed by atoms with Crippen LogP contribution in [0.3, 0.4) is 0 Å². The van der Waals surface area contributed by atoms with Crippen LogP contribution in [0.5, 0.6) is 6.01 Å². The summed E-state index contributed by atoms with van der Waals surface area (Å²) in [5.41, 5.74) is 9.03. The van der Waals surface area contributed by atoms with Gasteiger partial charge < -0.3 is 34.5 Å². The maximum atomic E-state index is 14.6. The summed E-state index contributed by atoms with van der Waals surface area (Å²) in [6.45, 7) is 5.11. The fourth-order valence-electron chi connectivity index (χ4n) is 5.29. The number of nitrogens with two attached hydrogens (primary N) is 1. The van der Waals surface area contributed by atoms with Gasteiger partial charge in [-0.1, -0.05) is 11.3 Å². The van der Waals surface area contributed by atoms with E-state index in [9.17, 15) is 4.39 Å². The first kappa shape index (κ1) is 23.4. The Labute approximate surface area is 221 Å². The number of halogens is 1. The summed E-state index contributed by atoms with van der Waals surface area (Å²) in [6, 6.07) is 3.91. The molecule has 2 unspecified atom stereocenters. The Hall–Kier alpha value is -2.71. The van der Waals surface area contributed by atoms with E-state index in [2.05, 4.69) is 19.5 Å². The van der Waals surface area contributed by atoms with Crippen LogP contribution in [-0.4, -0.2) is 84.5 Å². The molecule has 2 atom stereocenters. The van der Waals surface area contributed by atoms with Crippen molar-refractivity contribution in [2.75, 3.05) is 63.8 Å². The van der Waals surface area contributed by atoms with Crippen LogP contribution < -0.4 is 20.7 Å². The van der Waals surface area contributed by atoms with Gasteiger partial charge in [0.15, 0.2) is 10.9 Å². The molecule has 4 aliphatic rings. The van der Waals surface area contributed by atoms with E-state index in [1.165, 1.54) is 6.07 Å². The number of hydrogen-bond donors (Lipinski definition) is 2. The first-order valence-electron chi connectivity index (χ1n) is 12.2. The molecule has 2 aromatic heterocycles. The van der Waals surface area contributed by atoms with Gasteiger partial charge in [0.2, 0.25) is 0 Å². The van der Waals surface area contributed by atoms with Crippen molar-refractivity contribution >= 4 is 56.2 Å². The summed E-state index contributed by atoms with van der Waals surface area (Å²) < 4.78 is 34.2. The molecule has 10 nitrogen and oxygen atoms in total. The number of ether oxygens (including phenoxy) is 3. The Balaban J connectivity index is 1.39. The molecule has 3 aromatic rings. The zero-order valence-electron chi connectivity index (χ0n) is 20.1. The molecule has 1 aromatic carbocycles. The van der Waals surface area contributed by atoms with Crippen LogP contribution in [0.4, 0.5) is 15.3 Å². The lowest BCUT2D eigenvalue weighted by Gasteiger charge is -2.47. The van der Waals surface area contributed by atoms with E-state index >= 15 is 0 Å². The van der Waals surface area contributed by atoms with E-state index in [0.29, 0.717) is 53.7 Å². The first-order valence-corrected chi connectivity index (χ1v) is 13.8. The van der Waals surface area contributed by atoms with Gasteiger partial charge in [0, 0.05) is 31.1 Å². The third kappa shape index (κ3) is 4.00. The molecule has 3 N–H and O–H groups in total. The van der Waals surface area contributed by atoms with Crippen LogP contribution in [0.25, 0.3) is 22.0 Å². The normalized spacial score (nSPS) is 23.6. The number of thiazole rings is 1. The molecule has 3 saturated heterocycles. The van der Waals surface area contributed by atoms with Gasteiger partial charge in [-0.15, -0.1) is 0 Å². The topological polar surface area (TPSA) is 111 Å². The van der Waals surface area contributed by atoms with Crippen LogP contribution in [0.2, 0.25) is 0 Å². The lowest BCUT2D eigenvalue weighted by Crippen LogP contribution is -2.64. The second-order valence-corrected chi connectivity index (χ2v) is 11.6. The SMILES string of the molecule is COc1nc2c(c(N3C4CNCC3COC4)n1)SN(CC1COC1)C(c1ccc(F)c3sc(N)nc13)=C2. The highest BCUT2D eigenvalue weighted by Gasteiger charge is 2.39. The highest BCUT2D eigenvalue weighted by atomic mass is 32.2. The number of morpholine rings is 1. The lowest BCUT2D eigenvalue weighted by molar-refractivity contribution is -0.0342. The van der Waals surface area contributed by atoms with Gasteiger partial charge >= 0.3 is 6.01 Å². The fourth-order valence-corrected chi connectivity index (χ4v) is 7.24. The number of nitrogen functional groups attached to an aromatic ring is 1. The minimum Gasteiger partial charge on any atom is -0.467 e. The number of nitrogens with one attached hydrogen (secondary N) is 1. The van der Waals surface area contributed by atoms with Crippen LogP contribution in [0, 0.1) is 11.7 Å². The molecule has 3 fully saturated rings. The van der Waals surface area contributed by atoms with Crippen molar-refractivity contribution in [3.63, 3.8) is 0 Å². The molecule has 13 heteroatoms. The monoisotopic (exact) mass is 543 g/mol. The maximum Gasteiger partial charge on any atom is 0.318 e. The molecular weight excluding hydrogens is 517 g/mol. The number of benzene rings is 1. The highest BCUT2D eigenvalue weighted by Crippen LogP contribution is 2.47. The van der Waals surface area contributed by atoms with Gasteiger partial charge in [0.1, 0.15) is 5.82 Å². The van der Waals surface area contributed by atoms with Crippen molar-refractivity contribution in [1.82, 2.24) is 24.6 Å². The van der Waals surface area contributed by atoms with Crippen molar-refractivity contribution in [2.24, 2.45) is 5.92 Å². The van der Waals surface area contributed by atoms with Crippen molar-refractivity contribution < 1.29 is 18.6 Å². The van der Waals surface area contributed by atoms with Gasteiger partial charge in [-0.2, -0.15) is 9.97 Å². The summed E-state index contributed by atoms with van der Waals surface area (Å²) in [5, 5.41) is 3.85. The van der Waals surface area contributed by atoms with E-state index in [1.807, 2.05) is 6.08 Å². The Bertz CT molecular complexity index is 1380. The molecule has 0 amide bonds. The van der Waals surface area contributed by atoms with E-state index in [0.717, 1.165) is 58.6 Å². The van der Waals surface area contributed by atoms with E-state index in [1.54, 1.807) is 25.1 Å². The molecule has 7 rings (SSSR count). The second-order valence-electron chi connectivity index (χ2n) is 9.57. The molecule has 0 saturated carbocycles. The van der Waals surface area contributed by atoms with Gasteiger partial charge in [0.05, 0.1) is 72.1 Å². The van der Waals surface area contributed by atoms with Crippen LogP contribution in [0.15, 0.2) is 17.0 Å². The van der Waals surface area contributed by atoms with Gasteiger partial charge in [-0.25, -0.2) is 9.37 Å². The smallest absolute Gasteiger partial charge is 0.318 e. The number of rotatable bonds is 5. The predicted octanol–water partition coefficient (Wildman–Crippen LogP) is 2.46. The summed E-state index contributed by atoms with van der Waals surface area (Å²) in [5.74, 6) is 0.928. The standard InChI is InChI=1S/C24H26FN7O3S2/c1-33-24-28-17-4-18(15-2-3-16(25)20-19(15)29-23(26)36-20)31(7-12-8-34-9-12)37-21(17)22(30-24)32-13-5-27-6-14(32)11-35-10-13/h2-4,12-14,27H,5-11H2,1H3,(H2,26,29). The molecular formula is C24H26FN7O3S2. The largest absolute Gasteiger partial charge is 0.467 e. The van der Waals surface area contributed by atoms with Crippen LogP contribution in [-0.2, 0) is 9.47 Å². The summed E-state index contributed by atoms with van der Waals surface area (Å²) in [6.07, 6.45) is 2.04. The van der Waals surface area contributed by atoms with E-state index in [-0.39, 0.29) is 17.9 Å². The van der Waals surface area contributed by atoms with E-state index in [4.69, 9.17) is 29.9 Å². The number of anilines is 2. The fraction of sp³-hybridized carbons (Fsp3) is 0.458. The number of piperazine rings is 1. The summed E-state index contributed by atoms with van der Waals surface area (Å²) >= 11 is 2.77. The Morgan fingerprint density at radius 3 is 2.65 bits per heavy atom. The number of fused-ring (bicyclic) bond motifs is 4. The maximum absolute atomic E-state index is 14.6. The highest BCUT2D eigenvalue weighted by molar-refractivity contribution is 7.97. The Kier molecular flexibility index (Phi) is 5.85. The second kappa shape index (κ2) is 9.24. The summed E-state index contributed by atoms with van der Waals surface area (Å²) in [7, 11) is 1.58. The molecule has 194 valence electrons. The third-order valence-electron chi connectivity index (χ3n) is 7.11. The van der Waals surface area contributed by atoms with Crippen molar-refractivity contribution in [2.45, 2.75) is 17.0 Å². The molecule has 2 bridgehead atoms. The molecule has 0 aliphatic carbocycles. The van der Waals surface area contributed by atoms with Crippen molar-refractivity contribution in [1.29, 1.82) is 0 Å². The average molecular weight is 544 g/mol. The van der Waals surface area contributed by atoms with Crippen LogP contribution >= 0.6 is 23.3 Å². The van der Waals surface area contributed by atoms with Gasteiger partial charge in [-0.3, -0.25) is 0 Å². The Morgan fingerprint density at radius 2 is 1.92 bits per heavy atom. The predicted molar refractivity (Wildman–Crippen MR) is 141 cm³/mol. The third-order valence-corrected chi connectivity index (χ3v) is 9.14. The number of methoxy groups -OCH3 is 1. The van der Waals surface area contributed by atoms with Gasteiger partial charge in [0.25, 0.3) is 0 Å². The van der Waals surface area contributed by atoms with Crippen molar-refractivity contribution in [3.05, 3.63) is 29.2 Å². The molecule has 0 radical (unpaired) electrons. The molecule has 37 heavy (non-hydrogen) atoms. The number of hydrogen-bond acceptors (Lipinski definition) is 12. The lowest BCUT2D eigenvalue weighted by atomic mass is 10.0. The van der Waals surface area contributed by atoms with Crippen molar-refractivity contribution in [3.8, 4) is 6.01 Å². The van der Waals surface area contributed by atoms with Crippen LogP contribution in [0.1, 0.15) is 11.3 Å². The molecule has 0 spiro atoms. The van der Waals surface area contributed by atoms with E-state index < -0.39 is 0 Å². The number of nitrogens with zero attached hydrogens (tertiary/aromatic N) is 5. The Morgan fingerprint density at radius 1 is 1.14 bits per heavy atom. The quantitative estimate of drug-likeness (QED) is 0.463. The minimum absolute atomic E-state index is 0.172. The van der Waals surface area contributed by atoms with Gasteiger partial charge in [-0.05, 0) is 30.2 Å². The minimum atomic E-state index is -0.324. The number of aromatic nitrogens is 3. The molecule has 6 heterocycles. The first-order chi connectivity index (χ1) is 18.1. The molecule has 4 aliphatic heterocycles. The summed E-state index contributed by atoms with van der Waals surface area (Å²) in [4.78, 5) is 17.4. The zero-order valence-corrected chi connectivity index (χ0v) is 21.8.